The van der Waals surface area contributed by atoms with E-state index < -0.39 is 23.6 Å². The maximum atomic E-state index is 14.1. The summed E-state index contributed by atoms with van der Waals surface area (Å²) in [5.41, 5.74) is 2.85. The van der Waals surface area contributed by atoms with Crippen molar-refractivity contribution in [3.05, 3.63) is 125 Å². The van der Waals surface area contributed by atoms with Crippen molar-refractivity contribution in [1.82, 2.24) is 9.80 Å². The molecule has 4 amide bonds. The number of nitrogens with one attached hydrogen (secondary N) is 2. The number of nitrogens with zero attached hydrogens (tertiary/aromatic N) is 3. The van der Waals surface area contributed by atoms with Gasteiger partial charge in [-0.1, -0.05) is 42.5 Å². The van der Waals surface area contributed by atoms with Crippen LogP contribution in [0.25, 0.3) is 0 Å². The van der Waals surface area contributed by atoms with E-state index in [0.29, 0.717) is 56.1 Å². The minimum atomic E-state index is -0.508. The fourth-order valence-electron chi connectivity index (χ4n) is 5.12. The predicted molar refractivity (Wildman–Crippen MR) is 167 cm³/mol. The lowest BCUT2D eigenvalue weighted by atomic mass is 10.1. The number of rotatable bonds is 7. The van der Waals surface area contributed by atoms with Crippen LogP contribution in [0.2, 0.25) is 0 Å². The molecule has 0 aliphatic carbocycles. The molecule has 1 aliphatic rings. The third kappa shape index (κ3) is 7.38. The van der Waals surface area contributed by atoms with Crippen LogP contribution in [-0.4, -0.2) is 60.9 Å². The molecule has 10 heteroatoms. The van der Waals surface area contributed by atoms with Crippen LogP contribution in [0, 0.1) is 11.6 Å². The van der Waals surface area contributed by atoms with Crippen molar-refractivity contribution in [3.63, 3.8) is 0 Å². The first kappa shape index (κ1) is 30.2. The molecule has 2 N–H and O–H groups in total. The standard InChI is InChI=1S/C34H33F2N5O3/c1-39(23-24-8-3-2-4-9-24)33(43)28-22-27(37-32(42)25-12-14-26(35)15-13-25)16-17-31(28)40-18-7-19-41(21-20-40)34(44)38-30-11-6-5-10-29(30)36/h2-6,8-17,22H,7,18-21,23H2,1H3,(H,37,42)(H,38,44). The number of hydrogen-bond donors (Lipinski definition) is 2. The molecule has 4 aromatic carbocycles. The van der Waals surface area contributed by atoms with Crippen LogP contribution in [0.5, 0.6) is 0 Å². The maximum absolute atomic E-state index is 14.1. The average molecular weight is 598 g/mol. The highest BCUT2D eigenvalue weighted by atomic mass is 19.1. The molecule has 8 nitrogen and oxygen atoms in total. The van der Waals surface area contributed by atoms with Gasteiger partial charge in [0.1, 0.15) is 11.6 Å². The van der Waals surface area contributed by atoms with Crippen LogP contribution in [0.3, 0.4) is 0 Å². The van der Waals surface area contributed by atoms with Crippen LogP contribution in [-0.2, 0) is 6.54 Å². The fraction of sp³-hybridized carbons (Fsp3) is 0.206. The van der Waals surface area contributed by atoms with Gasteiger partial charge in [0.2, 0.25) is 0 Å². The van der Waals surface area contributed by atoms with E-state index in [1.54, 1.807) is 47.2 Å². The van der Waals surface area contributed by atoms with Gasteiger partial charge in [-0.3, -0.25) is 9.59 Å². The first-order chi connectivity index (χ1) is 21.3. The summed E-state index contributed by atoms with van der Waals surface area (Å²) in [6.07, 6.45) is 0.626. The van der Waals surface area contributed by atoms with Crippen LogP contribution in [0.1, 0.15) is 32.7 Å². The molecule has 0 unspecified atom stereocenters. The van der Waals surface area contributed by atoms with Crippen molar-refractivity contribution in [2.24, 2.45) is 0 Å². The summed E-state index contributed by atoms with van der Waals surface area (Å²) in [6.45, 7) is 2.22. The molecule has 1 aliphatic heterocycles. The van der Waals surface area contributed by atoms with E-state index in [0.717, 1.165) is 5.56 Å². The Labute approximate surface area is 254 Å². The van der Waals surface area contributed by atoms with Gasteiger partial charge < -0.3 is 25.3 Å². The monoisotopic (exact) mass is 597 g/mol. The lowest BCUT2D eigenvalue weighted by Crippen LogP contribution is -2.38. The molecular formula is C34H33F2N5O3. The summed E-state index contributed by atoms with van der Waals surface area (Å²) in [6, 6.07) is 25.6. The molecule has 0 spiro atoms. The third-order valence-corrected chi connectivity index (χ3v) is 7.44. The minimum Gasteiger partial charge on any atom is -0.369 e. The van der Waals surface area contributed by atoms with Crippen molar-refractivity contribution in [2.75, 3.05) is 48.8 Å². The number of anilines is 3. The van der Waals surface area contributed by atoms with Crippen molar-refractivity contribution < 1.29 is 23.2 Å². The van der Waals surface area contributed by atoms with Gasteiger partial charge in [-0.05, 0) is 66.6 Å². The molecule has 1 heterocycles. The van der Waals surface area contributed by atoms with E-state index >= 15 is 0 Å². The maximum Gasteiger partial charge on any atom is 0.321 e. The number of carbonyl (C=O) groups excluding carboxylic acids is 3. The number of benzene rings is 4. The Kier molecular flexibility index (Phi) is 9.49. The van der Waals surface area contributed by atoms with Gasteiger partial charge in [0.05, 0.1) is 11.3 Å². The highest BCUT2D eigenvalue weighted by Gasteiger charge is 2.25. The summed E-state index contributed by atoms with van der Waals surface area (Å²) in [5.74, 6) is -1.62. The second-order valence-corrected chi connectivity index (χ2v) is 10.6. The Hall–Kier alpha value is -5.25. The zero-order valence-electron chi connectivity index (χ0n) is 24.3. The molecule has 4 aromatic rings. The zero-order chi connectivity index (χ0) is 31.1. The van der Waals surface area contributed by atoms with Crippen LogP contribution < -0.4 is 15.5 Å². The van der Waals surface area contributed by atoms with Crippen LogP contribution in [0.15, 0.2) is 97.1 Å². The Morgan fingerprint density at radius 2 is 1.52 bits per heavy atom. The molecule has 1 saturated heterocycles. The molecule has 0 radical (unpaired) electrons. The largest absolute Gasteiger partial charge is 0.369 e. The molecule has 0 bridgehead atoms. The molecule has 0 saturated carbocycles. The highest BCUT2D eigenvalue weighted by molar-refractivity contribution is 6.06. The average Bonchev–Trinajstić information content (AvgIpc) is 3.29. The van der Waals surface area contributed by atoms with E-state index in [4.69, 9.17) is 0 Å². The normalized spacial score (nSPS) is 13.2. The van der Waals surface area contributed by atoms with Gasteiger partial charge in [-0.2, -0.15) is 0 Å². The number of urea groups is 1. The Balaban J connectivity index is 1.37. The van der Waals surface area contributed by atoms with Crippen molar-refractivity contribution >= 4 is 34.9 Å². The third-order valence-electron chi connectivity index (χ3n) is 7.44. The lowest BCUT2D eigenvalue weighted by molar-refractivity contribution is 0.0785. The predicted octanol–water partition coefficient (Wildman–Crippen LogP) is 6.23. The number of carbonyl (C=O) groups is 3. The molecular weight excluding hydrogens is 564 g/mol. The van der Waals surface area contributed by atoms with Gasteiger partial charge in [0.25, 0.3) is 11.8 Å². The van der Waals surface area contributed by atoms with E-state index in [-0.39, 0.29) is 17.2 Å². The summed E-state index contributed by atoms with van der Waals surface area (Å²) in [4.78, 5) is 45.0. The number of amides is 4. The first-order valence-corrected chi connectivity index (χ1v) is 14.3. The molecule has 0 atom stereocenters. The van der Waals surface area contributed by atoms with Crippen molar-refractivity contribution in [2.45, 2.75) is 13.0 Å². The van der Waals surface area contributed by atoms with Gasteiger partial charge in [-0.15, -0.1) is 0 Å². The smallest absolute Gasteiger partial charge is 0.321 e. The first-order valence-electron chi connectivity index (χ1n) is 14.3. The molecule has 44 heavy (non-hydrogen) atoms. The summed E-state index contributed by atoms with van der Waals surface area (Å²) in [7, 11) is 1.72. The van der Waals surface area contributed by atoms with Crippen molar-refractivity contribution in [1.29, 1.82) is 0 Å². The van der Waals surface area contributed by atoms with Gasteiger partial charge in [0.15, 0.2) is 0 Å². The van der Waals surface area contributed by atoms with Gasteiger partial charge in [0, 0.05) is 56.7 Å². The quantitative estimate of drug-likeness (QED) is 0.265. The topological polar surface area (TPSA) is 85.0 Å². The van der Waals surface area contributed by atoms with E-state index in [1.807, 2.05) is 35.2 Å². The lowest BCUT2D eigenvalue weighted by Gasteiger charge is -2.28. The zero-order valence-corrected chi connectivity index (χ0v) is 24.3. The minimum absolute atomic E-state index is 0.117. The number of halogens is 2. The Morgan fingerprint density at radius 1 is 0.795 bits per heavy atom. The second-order valence-electron chi connectivity index (χ2n) is 10.6. The summed E-state index contributed by atoms with van der Waals surface area (Å²) in [5, 5.41) is 5.46. The highest BCUT2D eigenvalue weighted by Crippen LogP contribution is 2.28. The van der Waals surface area contributed by atoms with E-state index in [2.05, 4.69) is 10.6 Å². The summed E-state index contributed by atoms with van der Waals surface area (Å²) >= 11 is 0. The SMILES string of the molecule is CN(Cc1ccccc1)C(=O)c1cc(NC(=O)c2ccc(F)cc2)ccc1N1CCCN(C(=O)Nc2ccccc2F)CC1. The summed E-state index contributed by atoms with van der Waals surface area (Å²) < 4.78 is 27.5. The Morgan fingerprint density at radius 3 is 2.27 bits per heavy atom. The van der Waals surface area contributed by atoms with Crippen LogP contribution in [0.4, 0.5) is 30.6 Å². The number of hydrogen-bond acceptors (Lipinski definition) is 4. The molecule has 0 aromatic heterocycles. The Bertz CT molecular complexity index is 1630. The van der Waals surface area contributed by atoms with Crippen molar-refractivity contribution in [3.8, 4) is 0 Å². The molecule has 1 fully saturated rings. The van der Waals surface area contributed by atoms with Gasteiger partial charge in [-0.25, -0.2) is 13.6 Å². The second kappa shape index (κ2) is 13.8. The van der Waals surface area contributed by atoms with E-state index in [1.165, 1.54) is 36.4 Å². The fourth-order valence-corrected chi connectivity index (χ4v) is 5.12. The van der Waals surface area contributed by atoms with E-state index in [9.17, 15) is 23.2 Å². The molecule has 5 rings (SSSR count). The number of para-hydroxylation sites is 1. The van der Waals surface area contributed by atoms with Gasteiger partial charge >= 0.3 is 6.03 Å². The molecule has 226 valence electrons. The van der Waals surface area contributed by atoms with Crippen LogP contribution >= 0.6 is 0 Å².